The van der Waals surface area contributed by atoms with Crippen LogP contribution in [0.25, 0.3) is 0 Å². The van der Waals surface area contributed by atoms with Gasteiger partial charge in [0, 0.05) is 6.20 Å². The minimum Gasteiger partial charge on any atom is -0.383 e. The van der Waals surface area contributed by atoms with Crippen LogP contribution in [0.3, 0.4) is 0 Å². The van der Waals surface area contributed by atoms with E-state index >= 15 is 0 Å². The Bertz CT molecular complexity index is 278. The van der Waals surface area contributed by atoms with Gasteiger partial charge in [0.25, 0.3) is 0 Å². The first kappa shape index (κ1) is 9.22. The van der Waals surface area contributed by atoms with Gasteiger partial charge in [0.05, 0.1) is 5.69 Å². The minimum absolute atomic E-state index is 0.587. The van der Waals surface area contributed by atoms with Crippen molar-refractivity contribution in [2.24, 2.45) is 0 Å². The van der Waals surface area contributed by atoms with Crippen LogP contribution >= 0.6 is 11.8 Å². The number of aliphatic hydroxyl groups is 1. The highest BCUT2D eigenvalue weighted by atomic mass is 32.2. The molecule has 0 aliphatic rings. The van der Waals surface area contributed by atoms with E-state index in [0.717, 1.165) is 0 Å². The minimum atomic E-state index is -0.695. The fourth-order valence-corrected chi connectivity index (χ4v) is 1.10. The van der Waals surface area contributed by atoms with E-state index in [0.29, 0.717) is 10.9 Å². The van der Waals surface area contributed by atoms with Gasteiger partial charge in [-0.3, -0.25) is 0 Å². The monoisotopic (exact) mass is 182 g/mol. The molecule has 0 amide bonds. The Morgan fingerprint density at radius 1 is 1.75 bits per heavy atom. The summed E-state index contributed by atoms with van der Waals surface area (Å²) in [5.41, 5.74) is 0.587. The lowest BCUT2D eigenvalue weighted by atomic mass is 10.2. The Morgan fingerprint density at radius 3 is 3.08 bits per heavy atom. The van der Waals surface area contributed by atoms with E-state index in [9.17, 15) is 5.11 Å². The van der Waals surface area contributed by atoms with Crippen molar-refractivity contribution in [2.75, 3.05) is 6.26 Å². The van der Waals surface area contributed by atoms with Crippen molar-refractivity contribution >= 4 is 11.8 Å². The Labute approximate surface area is 75.6 Å². The quantitative estimate of drug-likeness (QED) is 0.436. The fourth-order valence-electron chi connectivity index (χ4n) is 0.738. The lowest BCUT2D eigenvalue weighted by molar-refractivity contribution is 0.223. The number of hydrogen-bond donors (Lipinski definition) is 1. The highest BCUT2D eigenvalue weighted by Crippen LogP contribution is 2.13. The van der Waals surface area contributed by atoms with Crippen LogP contribution in [0, 0.1) is 0 Å². The van der Waals surface area contributed by atoms with Crippen molar-refractivity contribution in [3.63, 3.8) is 0 Å². The molecule has 0 fully saturated rings. The number of thioether (sulfide) groups is 1. The molecule has 1 rings (SSSR count). The molecule has 1 N–H and O–H groups in total. The second kappa shape index (κ2) is 4.23. The molecule has 3 nitrogen and oxygen atoms in total. The maximum atomic E-state index is 9.33. The molecule has 0 spiro atoms. The van der Waals surface area contributed by atoms with E-state index < -0.39 is 6.10 Å². The van der Waals surface area contributed by atoms with Crippen LogP contribution in [0.15, 0.2) is 30.1 Å². The molecule has 0 saturated heterocycles. The van der Waals surface area contributed by atoms with E-state index in [1.165, 1.54) is 17.8 Å². The van der Waals surface area contributed by atoms with E-state index in [1.807, 2.05) is 6.26 Å². The van der Waals surface area contributed by atoms with E-state index in [1.54, 1.807) is 12.3 Å². The van der Waals surface area contributed by atoms with Gasteiger partial charge in [0.2, 0.25) is 0 Å². The van der Waals surface area contributed by atoms with E-state index in [2.05, 4.69) is 16.5 Å². The predicted molar refractivity (Wildman–Crippen MR) is 49.0 cm³/mol. The first-order chi connectivity index (χ1) is 5.77. The number of hydrogen-bond acceptors (Lipinski definition) is 4. The number of rotatable bonds is 3. The van der Waals surface area contributed by atoms with Crippen LogP contribution in [-0.2, 0) is 0 Å². The standard InChI is InChI=1S/C8H10N2OS/c1-3-7(11)6-4-5-9-8(10-6)12-2/h3-5,7,11H,1H2,2H3. The van der Waals surface area contributed by atoms with Gasteiger partial charge in [0.1, 0.15) is 6.10 Å². The summed E-state index contributed by atoms with van der Waals surface area (Å²) in [5, 5.41) is 9.99. The van der Waals surface area contributed by atoms with Gasteiger partial charge in [-0.25, -0.2) is 9.97 Å². The van der Waals surface area contributed by atoms with Crippen molar-refractivity contribution in [2.45, 2.75) is 11.3 Å². The molecule has 64 valence electrons. The molecule has 0 bridgehead atoms. The van der Waals surface area contributed by atoms with Gasteiger partial charge in [-0.2, -0.15) is 0 Å². The first-order valence-corrected chi connectivity index (χ1v) is 4.68. The average Bonchev–Trinajstić information content (AvgIpc) is 2.17. The molecule has 0 radical (unpaired) electrons. The van der Waals surface area contributed by atoms with Gasteiger partial charge in [0.15, 0.2) is 5.16 Å². The summed E-state index contributed by atoms with van der Waals surface area (Å²) < 4.78 is 0. The molecule has 0 saturated carbocycles. The Hall–Kier alpha value is -0.870. The molecule has 0 aromatic carbocycles. The van der Waals surface area contributed by atoms with E-state index in [4.69, 9.17) is 0 Å². The maximum absolute atomic E-state index is 9.33. The summed E-state index contributed by atoms with van der Waals surface area (Å²) in [5.74, 6) is 0. The largest absolute Gasteiger partial charge is 0.383 e. The fraction of sp³-hybridized carbons (Fsp3) is 0.250. The van der Waals surface area contributed by atoms with Crippen LogP contribution in [0.1, 0.15) is 11.8 Å². The van der Waals surface area contributed by atoms with Crippen LogP contribution in [0.4, 0.5) is 0 Å². The van der Waals surface area contributed by atoms with Crippen molar-refractivity contribution in [3.8, 4) is 0 Å². The predicted octanol–water partition coefficient (Wildman–Crippen LogP) is 1.42. The topological polar surface area (TPSA) is 46.0 Å². The molecule has 4 heteroatoms. The Kier molecular flexibility index (Phi) is 3.25. The molecule has 1 atom stereocenters. The van der Waals surface area contributed by atoms with Crippen LogP contribution in [0.5, 0.6) is 0 Å². The van der Waals surface area contributed by atoms with Gasteiger partial charge in [-0.1, -0.05) is 17.8 Å². The summed E-state index contributed by atoms with van der Waals surface area (Å²) in [6.07, 6.45) is 4.26. The van der Waals surface area contributed by atoms with Crippen LogP contribution in [-0.4, -0.2) is 21.3 Å². The smallest absolute Gasteiger partial charge is 0.187 e. The summed E-state index contributed by atoms with van der Waals surface area (Å²) in [7, 11) is 0. The third-order valence-corrected chi connectivity index (χ3v) is 1.93. The lowest BCUT2D eigenvalue weighted by Crippen LogP contribution is -1.98. The summed E-state index contributed by atoms with van der Waals surface area (Å²) in [6.45, 7) is 3.48. The normalized spacial score (nSPS) is 12.5. The van der Waals surface area contributed by atoms with Crippen LogP contribution in [0.2, 0.25) is 0 Å². The maximum Gasteiger partial charge on any atom is 0.187 e. The molecule has 0 aliphatic carbocycles. The van der Waals surface area contributed by atoms with Crippen molar-refractivity contribution in [1.82, 2.24) is 9.97 Å². The average molecular weight is 182 g/mol. The Morgan fingerprint density at radius 2 is 2.50 bits per heavy atom. The molecule has 1 aromatic heterocycles. The van der Waals surface area contributed by atoms with E-state index in [-0.39, 0.29) is 0 Å². The number of aromatic nitrogens is 2. The molecule has 0 aliphatic heterocycles. The third kappa shape index (κ3) is 2.06. The van der Waals surface area contributed by atoms with Gasteiger partial charge < -0.3 is 5.11 Å². The zero-order valence-electron chi connectivity index (χ0n) is 6.77. The zero-order chi connectivity index (χ0) is 8.97. The summed E-state index contributed by atoms with van der Waals surface area (Å²) in [4.78, 5) is 8.07. The number of nitrogens with zero attached hydrogens (tertiary/aromatic N) is 2. The summed E-state index contributed by atoms with van der Waals surface area (Å²) >= 11 is 1.44. The Balaban J connectivity index is 2.93. The van der Waals surface area contributed by atoms with Crippen molar-refractivity contribution in [3.05, 3.63) is 30.6 Å². The SMILES string of the molecule is C=CC(O)c1ccnc(SC)n1. The van der Waals surface area contributed by atoms with Crippen molar-refractivity contribution < 1.29 is 5.11 Å². The second-order valence-electron chi connectivity index (χ2n) is 2.15. The highest BCUT2D eigenvalue weighted by Gasteiger charge is 2.04. The van der Waals surface area contributed by atoms with Crippen molar-refractivity contribution in [1.29, 1.82) is 0 Å². The lowest BCUT2D eigenvalue weighted by Gasteiger charge is -2.04. The second-order valence-corrected chi connectivity index (χ2v) is 2.92. The van der Waals surface area contributed by atoms with Gasteiger partial charge in [-0.15, -0.1) is 6.58 Å². The van der Waals surface area contributed by atoms with Crippen LogP contribution < -0.4 is 0 Å². The highest BCUT2D eigenvalue weighted by molar-refractivity contribution is 7.98. The van der Waals surface area contributed by atoms with Gasteiger partial charge >= 0.3 is 0 Å². The molecular formula is C8H10N2OS. The first-order valence-electron chi connectivity index (χ1n) is 3.45. The third-order valence-electron chi connectivity index (χ3n) is 1.36. The number of aliphatic hydroxyl groups excluding tert-OH is 1. The van der Waals surface area contributed by atoms with Gasteiger partial charge in [-0.05, 0) is 12.3 Å². The molecular weight excluding hydrogens is 172 g/mol. The molecule has 1 heterocycles. The zero-order valence-corrected chi connectivity index (χ0v) is 7.58. The molecule has 1 unspecified atom stereocenters. The summed E-state index contributed by atoms with van der Waals surface area (Å²) in [6, 6.07) is 1.67. The molecule has 1 aromatic rings. The molecule has 12 heavy (non-hydrogen) atoms.